The van der Waals surface area contributed by atoms with E-state index in [0.717, 1.165) is 22.4 Å². The monoisotopic (exact) mass is 255 g/mol. The number of fused-ring (bicyclic) bond motifs is 3. The van der Waals surface area contributed by atoms with Gasteiger partial charge >= 0.3 is 0 Å². The largest absolute Gasteiger partial charge is 0.468 e. The average Bonchev–Trinajstić information content (AvgIpc) is 2.39. The third-order valence-electron chi connectivity index (χ3n) is 3.20. The Kier molecular flexibility index (Phi) is 2.33. The first kappa shape index (κ1) is 11.1. The van der Waals surface area contributed by atoms with Crippen molar-refractivity contribution in [3.8, 4) is 22.9 Å². The van der Waals surface area contributed by atoms with Crippen molar-refractivity contribution in [3.63, 3.8) is 0 Å². The van der Waals surface area contributed by atoms with Crippen molar-refractivity contribution in [2.75, 3.05) is 0 Å². The van der Waals surface area contributed by atoms with Crippen LogP contribution in [0.15, 0.2) is 42.5 Å². The van der Waals surface area contributed by atoms with Crippen LogP contribution in [0.1, 0.15) is 12.5 Å². The van der Waals surface area contributed by atoms with Crippen molar-refractivity contribution in [2.24, 2.45) is 0 Å². The van der Waals surface area contributed by atoms with Gasteiger partial charge in [-0.05, 0) is 30.7 Å². The topological polar surface area (TPSA) is 33.0 Å². The third-order valence-corrected chi connectivity index (χ3v) is 3.44. The molecular formula is C15H10ClNO. The second kappa shape index (κ2) is 3.76. The summed E-state index contributed by atoms with van der Waals surface area (Å²) in [4.78, 5) is 0. The summed E-state index contributed by atoms with van der Waals surface area (Å²) >= 11 is 6.02. The molecule has 18 heavy (non-hydrogen) atoms. The second-order valence-corrected chi connectivity index (χ2v) is 4.87. The predicted octanol–water partition coefficient (Wildman–Crippen LogP) is 4.14. The van der Waals surface area contributed by atoms with E-state index >= 15 is 0 Å². The Labute approximate surface area is 110 Å². The summed E-state index contributed by atoms with van der Waals surface area (Å²) in [5, 5.41) is 10.0. The zero-order valence-electron chi connectivity index (χ0n) is 9.77. The highest BCUT2D eigenvalue weighted by Crippen LogP contribution is 2.45. The van der Waals surface area contributed by atoms with Crippen molar-refractivity contribution >= 4 is 11.6 Å². The summed E-state index contributed by atoms with van der Waals surface area (Å²) in [5.41, 5.74) is 1.83. The maximum absolute atomic E-state index is 9.40. The number of ether oxygens (including phenoxy) is 1. The molecule has 88 valence electrons. The van der Waals surface area contributed by atoms with Gasteiger partial charge in [0.15, 0.2) is 0 Å². The Hall–Kier alpha value is -1.98. The summed E-state index contributed by atoms with van der Waals surface area (Å²) in [6.45, 7) is 1.76. The minimum absolute atomic E-state index is 0.609. The first-order valence-corrected chi connectivity index (χ1v) is 6.01. The van der Waals surface area contributed by atoms with Crippen LogP contribution >= 0.6 is 11.6 Å². The average molecular weight is 256 g/mol. The highest BCUT2D eigenvalue weighted by Gasteiger charge is 2.36. The SMILES string of the molecule is CC1(C#N)Oc2ccccc2-c2ccc(Cl)cc21. The molecule has 0 bridgehead atoms. The number of halogens is 1. The predicted molar refractivity (Wildman–Crippen MR) is 70.5 cm³/mol. The summed E-state index contributed by atoms with van der Waals surface area (Å²) in [6.07, 6.45) is 0. The maximum Gasteiger partial charge on any atom is 0.217 e. The van der Waals surface area contributed by atoms with Gasteiger partial charge in [-0.15, -0.1) is 0 Å². The van der Waals surface area contributed by atoms with Crippen molar-refractivity contribution in [2.45, 2.75) is 12.5 Å². The molecule has 0 N–H and O–H groups in total. The van der Waals surface area contributed by atoms with Gasteiger partial charge < -0.3 is 4.74 Å². The number of hydrogen-bond acceptors (Lipinski definition) is 2. The lowest BCUT2D eigenvalue weighted by molar-refractivity contribution is 0.146. The molecule has 1 unspecified atom stereocenters. The van der Waals surface area contributed by atoms with Crippen molar-refractivity contribution < 1.29 is 4.74 Å². The van der Waals surface area contributed by atoms with Crippen LogP contribution in [0.4, 0.5) is 0 Å². The molecule has 1 aliphatic heterocycles. The lowest BCUT2D eigenvalue weighted by Gasteiger charge is -2.32. The second-order valence-electron chi connectivity index (χ2n) is 4.43. The van der Waals surface area contributed by atoms with E-state index in [1.807, 2.05) is 36.4 Å². The highest BCUT2D eigenvalue weighted by molar-refractivity contribution is 6.30. The molecule has 0 spiro atoms. The van der Waals surface area contributed by atoms with Crippen LogP contribution in [-0.2, 0) is 5.60 Å². The molecule has 1 atom stereocenters. The van der Waals surface area contributed by atoms with E-state index in [9.17, 15) is 5.26 Å². The van der Waals surface area contributed by atoms with E-state index in [2.05, 4.69) is 6.07 Å². The Bertz CT molecular complexity index is 674. The van der Waals surface area contributed by atoms with Gasteiger partial charge in [-0.25, -0.2) is 0 Å². The smallest absolute Gasteiger partial charge is 0.217 e. The summed E-state index contributed by atoms with van der Waals surface area (Å²) in [5.74, 6) is 0.733. The summed E-state index contributed by atoms with van der Waals surface area (Å²) < 4.78 is 5.83. The number of hydrogen-bond donors (Lipinski definition) is 0. The molecule has 0 fully saturated rings. The fourth-order valence-corrected chi connectivity index (χ4v) is 2.45. The molecule has 1 heterocycles. The molecule has 2 nitrogen and oxygen atoms in total. The van der Waals surface area contributed by atoms with E-state index in [1.54, 1.807) is 13.0 Å². The number of nitrogens with zero attached hydrogens (tertiary/aromatic N) is 1. The van der Waals surface area contributed by atoms with Crippen LogP contribution in [0.25, 0.3) is 11.1 Å². The zero-order valence-corrected chi connectivity index (χ0v) is 10.5. The summed E-state index contributed by atoms with van der Waals surface area (Å²) in [6, 6.07) is 15.5. The molecular weight excluding hydrogens is 246 g/mol. The fraction of sp³-hybridized carbons (Fsp3) is 0.133. The van der Waals surface area contributed by atoms with E-state index < -0.39 is 5.60 Å². The molecule has 3 rings (SSSR count). The number of para-hydroxylation sites is 1. The molecule has 1 aliphatic rings. The molecule has 0 aromatic heterocycles. The zero-order chi connectivity index (χ0) is 12.8. The quantitative estimate of drug-likeness (QED) is 0.709. The molecule has 2 aromatic carbocycles. The Balaban J connectivity index is 2.35. The van der Waals surface area contributed by atoms with Crippen LogP contribution in [0.2, 0.25) is 5.02 Å². The van der Waals surface area contributed by atoms with Crippen LogP contribution in [0.3, 0.4) is 0 Å². The number of rotatable bonds is 0. The minimum Gasteiger partial charge on any atom is -0.468 e. The number of nitriles is 1. The van der Waals surface area contributed by atoms with Gasteiger partial charge in [0.2, 0.25) is 5.60 Å². The first-order valence-electron chi connectivity index (χ1n) is 5.64. The van der Waals surface area contributed by atoms with Crippen molar-refractivity contribution in [1.82, 2.24) is 0 Å². The molecule has 0 saturated heterocycles. The van der Waals surface area contributed by atoms with Crippen LogP contribution in [0.5, 0.6) is 5.75 Å². The Morgan fingerprint density at radius 3 is 2.72 bits per heavy atom. The lowest BCUT2D eigenvalue weighted by atomic mass is 9.86. The Morgan fingerprint density at radius 1 is 1.17 bits per heavy atom. The third kappa shape index (κ3) is 1.48. The van der Waals surface area contributed by atoms with E-state index in [1.165, 1.54) is 0 Å². The van der Waals surface area contributed by atoms with Crippen molar-refractivity contribution in [3.05, 3.63) is 53.1 Å². The molecule has 0 saturated carbocycles. The van der Waals surface area contributed by atoms with Gasteiger partial charge in [0.05, 0.1) is 0 Å². The van der Waals surface area contributed by atoms with Gasteiger partial charge in [0.1, 0.15) is 11.8 Å². The van der Waals surface area contributed by atoms with E-state index in [-0.39, 0.29) is 0 Å². The first-order chi connectivity index (χ1) is 8.64. The van der Waals surface area contributed by atoms with Gasteiger partial charge in [-0.3, -0.25) is 0 Å². The van der Waals surface area contributed by atoms with E-state index in [4.69, 9.17) is 16.3 Å². The molecule has 2 aromatic rings. The van der Waals surface area contributed by atoms with Gasteiger partial charge in [-0.1, -0.05) is 35.9 Å². The minimum atomic E-state index is -0.991. The van der Waals surface area contributed by atoms with Gasteiger partial charge in [0.25, 0.3) is 0 Å². The van der Waals surface area contributed by atoms with Crippen LogP contribution in [-0.4, -0.2) is 0 Å². The molecule has 0 amide bonds. The Morgan fingerprint density at radius 2 is 1.94 bits per heavy atom. The van der Waals surface area contributed by atoms with Crippen molar-refractivity contribution in [1.29, 1.82) is 5.26 Å². The highest BCUT2D eigenvalue weighted by atomic mass is 35.5. The van der Waals surface area contributed by atoms with Crippen LogP contribution < -0.4 is 4.74 Å². The fourth-order valence-electron chi connectivity index (χ4n) is 2.28. The van der Waals surface area contributed by atoms with Gasteiger partial charge in [0, 0.05) is 16.1 Å². The maximum atomic E-state index is 9.40. The number of benzene rings is 2. The standard InChI is InChI=1S/C15H10ClNO/c1-15(9-17)13-8-10(16)6-7-11(13)12-4-2-3-5-14(12)18-15/h2-8H,1H3. The molecule has 0 aliphatic carbocycles. The normalized spacial score (nSPS) is 20.3. The van der Waals surface area contributed by atoms with Crippen LogP contribution in [0, 0.1) is 11.3 Å². The summed E-state index contributed by atoms with van der Waals surface area (Å²) in [7, 11) is 0. The van der Waals surface area contributed by atoms with Gasteiger partial charge in [-0.2, -0.15) is 5.26 Å². The molecule has 0 radical (unpaired) electrons. The lowest BCUT2D eigenvalue weighted by Crippen LogP contribution is -2.31. The molecule has 3 heteroatoms. The van der Waals surface area contributed by atoms with E-state index in [0.29, 0.717) is 5.02 Å².